The molecule has 3 aliphatic heterocycles. The number of carbonyl (C=O) groups excluding carboxylic acids is 3. The van der Waals surface area contributed by atoms with E-state index in [9.17, 15) is 19.5 Å². The van der Waals surface area contributed by atoms with Crippen LogP contribution in [0.25, 0.3) is 0 Å². The van der Waals surface area contributed by atoms with Crippen molar-refractivity contribution in [3.8, 4) is 0 Å². The molecule has 6 atom stereocenters. The fourth-order valence-corrected chi connectivity index (χ4v) is 6.81. The van der Waals surface area contributed by atoms with E-state index in [4.69, 9.17) is 4.74 Å². The molecule has 0 saturated carbocycles. The maximum Gasteiger partial charge on any atom is 0.246 e. The van der Waals surface area contributed by atoms with Gasteiger partial charge in [0.25, 0.3) is 0 Å². The van der Waals surface area contributed by atoms with Gasteiger partial charge in [-0.2, -0.15) is 0 Å². The molecular formula is C28H41N3O5. The number of nitrogens with zero attached hydrogens (tertiary/aromatic N) is 1. The average Bonchev–Trinajstić information content (AvgIpc) is 3.48. The van der Waals surface area contributed by atoms with Crippen molar-refractivity contribution in [2.24, 2.45) is 17.8 Å². The molecule has 3 aliphatic rings. The molecule has 3 amide bonds. The summed E-state index contributed by atoms with van der Waals surface area (Å²) < 4.78 is 6.75. The maximum absolute atomic E-state index is 14.2. The highest BCUT2D eigenvalue weighted by molar-refractivity contribution is 5.99. The van der Waals surface area contributed by atoms with Gasteiger partial charge in [-0.25, -0.2) is 0 Å². The van der Waals surface area contributed by atoms with Crippen LogP contribution in [0.1, 0.15) is 65.4 Å². The van der Waals surface area contributed by atoms with Crippen LogP contribution in [0.2, 0.25) is 0 Å². The van der Waals surface area contributed by atoms with Gasteiger partial charge in [-0.3, -0.25) is 14.4 Å². The van der Waals surface area contributed by atoms with Crippen molar-refractivity contribution in [1.82, 2.24) is 15.5 Å². The highest BCUT2D eigenvalue weighted by atomic mass is 16.5. The number of fused-ring (bicyclic) bond motifs is 1. The van der Waals surface area contributed by atoms with E-state index in [2.05, 4.69) is 10.6 Å². The average molecular weight is 500 g/mol. The summed E-state index contributed by atoms with van der Waals surface area (Å²) in [7, 11) is 0. The van der Waals surface area contributed by atoms with Crippen LogP contribution >= 0.6 is 0 Å². The number of hydrogen-bond donors (Lipinski definition) is 3. The van der Waals surface area contributed by atoms with Gasteiger partial charge in [-0.1, -0.05) is 58.0 Å². The Balaban J connectivity index is 1.73. The summed E-state index contributed by atoms with van der Waals surface area (Å²) in [6, 6.07) is 8.20. The predicted octanol–water partition coefficient (Wildman–Crippen LogP) is 2.39. The molecule has 1 spiro atoms. The minimum absolute atomic E-state index is 0.173. The number of benzene rings is 1. The topological polar surface area (TPSA) is 108 Å². The van der Waals surface area contributed by atoms with Crippen molar-refractivity contribution in [3.63, 3.8) is 0 Å². The number of likely N-dealkylation sites (tertiary alicyclic amines) is 1. The molecule has 2 unspecified atom stereocenters. The Kier molecular flexibility index (Phi) is 7.76. The normalized spacial score (nSPS) is 31.6. The zero-order chi connectivity index (χ0) is 26.1. The minimum atomic E-state index is -1.08. The molecule has 8 nitrogen and oxygen atoms in total. The van der Waals surface area contributed by atoms with Gasteiger partial charge in [-0.05, 0) is 43.6 Å². The Bertz CT molecular complexity index is 969. The second-order valence-electron chi connectivity index (χ2n) is 11.0. The third kappa shape index (κ3) is 4.32. The van der Waals surface area contributed by atoms with Gasteiger partial charge in [0.1, 0.15) is 11.6 Å². The third-order valence-corrected chi connectivity index (χ3v) is 8.36. The zero-order valence-corrected chi connectivity index (χ0v) is 22.0. The van der Waals surface area contributed by atoms with Gasteiger partial charge in [0.05, 0.1) is 30.1 Å². The van der Waals surface area contributed by atoms with Crippen LogP contribution in [0.5, 0.6) is 0 Å². The molecule has 3 fully saturated rings. The first-order chi connectivity index (χ1) is 17.2. The molecule has 3 saturated heterocycles. The van der Waals surface area contributed by atoms with Crippen LogP contribution < -0.4 is 10.6 Å². The Morgan fingerprint density at radius 1 is 1.14 bits per heavy atom. The fourth-order valence-electron chi connectivity index (χ4n) is 6.81. The summed E-state index contributed by atoms with van der Waals surface area (Å²) in [5.74, 6) is -1.89. The lowest BCUT2D eigenvalue weighted by Crippen LogP contribution is -2.58. The number of amides is 3. The molecule has 198 valence electrons. The van der Waals surface area contributed by atoms with Crippen molar-refractivity contribution < 1.29 is 24.2 Å². The second-order valence-corrected chi connectivity index (χ2v) is 11.0. The highest BCUT2D eigenvalue weighted by Gasteiger charge is 2.79. The van der Waals surface area contributed by atoms with Gasteiger partial charge in [0, 0.05) is 13.1 Å². The van der Waals surface area contributed by atoms with Gasteiger partial charge in [0.15, 0.2) is 0 Å². The van der Waals surface area contributed by atoms with Gasteiger partial charge in [-0.15, -0.1) is 0 Å². The molecule has 8 heteroatoms. The van der Waals surface area contributed by atoms with E-state index in [0.717, 1.165) is 12.0 Å². The van der Waals surface area contributed by atoms with Crippen LogP contribution in [0, 0.1) is 17.8 Å². The zero-order valence-electron chi connectivity index (χ0n) is 22.0. The maximum atomic E-state index is 14.2. The largest absolute Gasteiger partial charge is 0.394 e. The molecule has 1 aromatic rings. The summed E-state index contributed by atoms with van der Waals surface area (Å²) in [5, 5.41) is 16.4. The Morgan fingerprint density at radius 3 is 2.47 bits per heavy atom. The van der Waals surface area contributed by atoms with Crippen molar-refractivity contribution in [2.45, 2.75) is 89.6 Å². The van der Waals surface area contributed by atoms with Crippen LogP contribution in [0.15, 0.2) is 30.3 Å². The van der Waals surface area contributed by atoms with Crippen LogP contribution in [0.3, 0.4) is 0 Å². The summed E-state index contributed by atoms with van der Waals surface area (Å²) >= 11 is 0. The monoisotopic (exact) mass is 499 g/mol. The molecule has 0 radical (unpaired) electrons. The van der Waals surface area contributed by atoms with E-state index in [1.807, 2.05) is 58.0 Å². The summed E-state index contributed by atoms with van der Waals surface area (Å²) in [6.07, 6.45) is 3.10. The Morgan fingerprint density at radius 2 is 1.86 bits per heavy atom. The summed E-state index contributed by atoms with van der Waals surface area (Å²) in [4.78, 5) is 43.1. The quantitative estimate of drug-likeness (QED) is 0.433. The summed E-state index contributed by atoms with van der Waals surface area (Å²) in [5.41, 5.74) is -0.878. The van der Waals surface area contributed by atoms with Crippen LogP contribution in [-0.4, -0.2) is 64.2 Å². The number of hydrogen-bond acceptors (Lipinski definition) is 5. The Hall–Kier alpha value is -2.45. The van der Waals surface area contributed by atoms with E-state index >= 15 is 0 Å². The van der Waals surface area contributed by atoms with Crippen molar-refractivity contribution in [2.75, 3.05) is 13.2 Å². The minimum Gasteiger partial charge on any atom is -0.394 e. The van der Waals surface area contributed by atoms with E-state index in [0.29, 0.717) is 38.8 Å². The molecule has 1 aromatic carbocycles. The highest BCUT2D eigenvalue weighted by Crippen LogP contribution is 2.64. The smallest absolute Gasteiger partial charge is 0.246 e. The number of carbonyl (C=O) groups is 3. The number of ether oxygens (including phenoxy) is 1. The van der Waals surface area contributed by atoms with Gasteiger partial charge < -0.3 is 25.4 Å². The molecule has 3 N–H and O–H groups in total. The van der Waals surface area contributed by atoms with Crippen molar-refractivity contribution in [1.29, 1.82) is 0 Å². The predicted molar refractivity (Wildman–Crippen MR) is 136 cm³/mol. The lowest BCUT2D eigenvalue weighted by molar-refractivity contribution is -0.151. The fraction of sp³-hybridized carbons (Fsp3) is 0.679. The number of rotatable bonds is 11. The lowest BCUT2D eigenvalue weighted by atomic mass is 9.65. The van der Waals surface area contributed by atoms with Gasteiger partial charge >= 0.3 is 0 Å². The number of aliphatic hydroxyl groups excluding tert-OH is 1. The standard InChI is InChI=1S/C28H41N3O5/c1-5-14-29-24(33)21-22-26(35)31(20(17-32)15-18(3)4)23(28(22)13-12-27(21,6-2)36-28)25(34)30-16-19-10-8-7-9-11-19/h7-11,18,20-23,32H,5-6,12-17H2,1-4H3,(H,29,33)(H,30,34)/t20-,21-,22+,23?,27+,28?/m1/s1. The van der Waals surface area contributed by atoms with E-state index < -0.39 is 35.1 Å². The van der Waals surface area contributed by atoms with E-state index in [-0.39, 0.29) is 30.2 Å². The molecule has 3 heterocycles. The number of aliphatic hydroxyl groups is 1. The number of nitrogens with one attached hydrogen (secondary N) is 2. The second kappa shape index (κ2) is 10.5. The first-order valence-electron chi connectivity index (χ1n) is 13.5. The molecule has 0 aliphatic carbocycles. The van der Waals surface area contributed by atoms with Crippen molar-refractivity contribution >= 4 is 17.7 Å². The third-order valence-electron chi connectivity index (χ3n) is 8.36. The lowest BCUT2D eigenvalue weighted by Gasteiger charge is -2.38. The van der Waals surface area contributed by atoms with Gasteiger partial charge in [0.2, 0.25) is 17.7 Å². The molecule has 4 rings (SSSR count). The SMILES string of the molecule is CCCNC(=O)[C@H]1[C@H]2C(=O)N([C@@H](CO)CC(C)C)C(C(=O)NCc3ccccc3)C23CC[C@]1(CC)O3. The van der Waals surface area contributed by atoms with Crippen LogP contribution in [-0.2, 0) is 25.7 Å². The summed E-state index contributed by atoms with van der Waals surface area (Å²) in [6.45, 7) is 8.64. The molecule has 36 heavy (non-hydrogen) atoms. The van der Waals surface area contributed by atoms with E-state index in [1.54, 1.807) is 4.90 Å². The van der Waals surface area contributed by atoms with Crippen LogP contribution in [0.4, 0.5) is 0 Å². The molecule has 2 bridgehead atoms. The first-order valence-corrected chi connectivity index (χ1v) is 13.5. The molecular weight excluding hydrogens is 458 g/mol. The first kappa shape index (κ1) is 26.6. The Labute approximate surface area is 214 Å². The molecule has 0 aromatic heterocycles. The van der Waals surface area contributed by atoms with Crippen molar-refractivity contribution in [3.05, 3.63) is 35.9 Å². The van der Waals surface area contributed by atoms with E-state index in [1.165, 1.54) is 0 Å².